The van der Waals surface area contributed by atoms with Crippen molar-refractivity contribution in [2.75, 3.05) is 13.1 Å². The molecule has 0 saturated heterocycles. The summed E-state index contributed by atoms with van der Waals surface area (Å²) in [6.45, 7) is 4.58. The molecule has 1 rings (SSSR count). The van der Waals surface area contributed by atoms with Crippen LogP contribution in [0.15, 0.2) is 11.4 Å². The largest absolute Gasteiger partial charge is 0.356 e. The van der Waals surface area contributed by atoms with E-state index in [0.717, 1.165) is 16.9 Å². The molecule has 0 spiro atoms. The lowest BCUT2D eigenvalue weighted by atomic mass is 10.3. The van der Waals surface area contributed by atoms with Crippen molar-refractivity contribution in [2.45, 2.75) is 20.3 Å². The summed E-state index contributed by atoms with van der Waals surface area (Å²) in [5, 5.41) is 7.40. The van der Waals surface area contributed by atoms with E-state index in [4.69, 9.17) is 0 Å². The molecule has 0 unspecified atom stereocenters. The summed E-state index contributed by atoms with van der Waals surface area (Å²) in [7, 11) is 0. The molecule has 0 aliphatic rings. The Morgan fingerprint density at radius 2 is 2.00 bits per heavy atom. The molecule has 4 nitrogen and oxygen atoms in total. The van der Waals surface area contributed by atoms with Crippen LogP contribution >= 0.6 is 11.3 Å². The van der Waals surface area contributed by atoms with E-state index in [2.05, 4.69) is 10.6 Å². The highest BCUT2D eigenvalue weighted by atomic mass is 32.1. The van der Waals surface area contributed by atoms with Gasteiger partial charge in [0.05, 0.1) is 4.88 Å². The topological polar surface area (TPSA) is 58.2 Å². The lowest BCUT2D eigenvalue weighted by Gasteiger charge is -2.04. The zero-order valence-corrected chi connectivity index (χ0v) is 10.3. The van der Waals surface area contributed by atoms with Crippen molar-refractivity contribution in [3.63, 3.8) is 0 Å². The monoisotopic (exact) mass is 240 g/mol. The van der Waals surface area contributed by atoms with Gasteiger partial charge in [-0.3, -0.25) is 9.59 Å². The normalized spacial score (nSPS) is 9.88. The van der Waals surface area contributed by atoms with Gasteiger partial charge in [-0.1, -0.05) is 0 Å². The number of amides is 2. The SMILES string of the molecule is CC(=O)NCCCNC(=O)c1sccc1C. The van der Waals surface area contributed by atoms with Gasteiger partial charge in [0.15, 0.2) is 0 Å². The van der Waals surface area contributed by atoms with Gasteiger partial charge in [-0.05, 0) is 30.4 Å². The van der Waals surface area contributed by atoms with Crippen molar-refractivity contribution in [3.05, 3.63) is 21.9 Å². The summed E-state index contributed by atoms with van der Waals surface area (Å²) in [6.07, 6.45) is 0.746. The van der Waals surface area contributed by atoms with Crippen LogP contribution in [0.2, 0.25) is 0 Å². The van der Waals surface area contributed by atoms with E-state index in [-0.39, 0.29) is 11.8 Å². The number of thiophene rings is 1. The molecule has 88 valence electrons. The quantitative estimate of drug-likeness (QED) is 0.762. The van der Waals surface area contributed by atoms with E-state index in [1.165, 1.54) is 18.3 Å². The molecule has 0 atom stereocenters. The molecule has 16 heavy (non-hydrogen) atoms. The van der Waals surface area contributed by atoms with Crippen LogP contribution in [0.1, 0.15) is 28.6 Å². The highest BCUT2D eigenvalue weighted by Gasteiger charge is 2.08. The van der Waals surface area contributed by atoms with Crippen LogP contribution in [0.5, 0.6) is 0 Å². The molecule has 2 N–H and O–H groups in total. The van der Waals surface area contributed by atoms with Gasteiger partial charge in [0.25, 0.3) is 5.91 Å². The summed E-state index contributed by atoms with van der Waals surface area (Å²) in [6, 6.07) is 1.93. The van der Waals surface area contributed by atoms with E-state index in [9.17, 15) is 9.59 Å². The van der Waals surface area contributed by atoms with Gasteiger partial charge in [-0.25, -0.2) is 0 Å². The first kappa shape index (κ1) is 12.7. The van der Waals surface area contributed by atoms with Gasteiger partial charge < -0.3 is 10.6 Å². The third kappa shape index (κ3) is 4.02. The van der Waals surface area contributed by atoms with Crippen molar-refractivity contribution in [3.8, 4) is 0 Å². The van der Waals surface area contributed by atoms with Crippen molar-refractivity contribution < 1.29 is 9.59 Å². The number of hydrogen-bond donors (Lipinski definition) is 2. The van der Waals surface area contributed by atoms with Gasteiger partial charge in [0.2, 0.25) is 5.91 Å². The molecule has 0 fully saturated rings. The van der Waals surface area contributed by atoms with Gasteiger partial charge in [0.1, 0.15) is 0 Å². The summed E-state index contributed by atoms with van der Waals surface area (Å²) in [4.78, 5) is 23.0. The number of nitrogens with one attached hydrogen (secondary N) is 2. The predicted octanol–water partition coefficient (Wildman–Crippen LogP) is 1.31. The van der Waals surface area contributed by atoms with Crippen LogP contribution < -0.4 is 10.6 Å². The molecule has 0 aliphatic carbocycles. The minimum atomic E-state index is -0.0413. The van der Waals surface area contributed by atoms with Crippen LogP contribution in [0.4, 0.5) is 0 Å². The third-order valence-corrected chi connectivity index (χ3v) is 3.10. The molecule has 5 heteroatoms. The van der Waals surface area contributed by atoms with Gasteiger partial charge in [0, 0.05) is 20.0 Å². The fraction of sp³-hybridized carbons (Fsp3) is 0.455. The second-order valence-corrected chi connectivity index (χ2v) is 4.44. The molecule has 0 aliphatic heterocycles. The summed E-state index contributed by atoms with van der Waals surface area (Å²) < 4.78 is 0. The molecule has 2 amide bonds. The number of carbonyl (C=O) groups is 2. The molecular formula is C11H16N2O2S. The molecule has 0 bridgehead atoms. The average Bonchev–Trinajstić information content (AvgIpc) is 2.63. The number of carbonyl (C=O) groups excluding carboxylic acids is 2. The van der Waals surface area contributed by atoms with E-state index in [1.54, 1.807) is 0 Å². The fourth-order valence-electron chi connectivity index (χ4n) is 1.24. The summed E-state index contributed by atoms with van der Waals surface area (Å²) in [5.74, 6) is -0.0734. The molecule has 1 aromatic heterocycles. The Bertz CT molecular complexity index is 374. The van der Waals surface area contributed by atoms with E-state index < -0.39 is 0 Å². The zero-order valence-electron chi connectivity index (χ0n) is 9.50. The van der Waals surface area contributed by atoms with Crippen LogP contribution in [-0.4, -0.2) is 24.9 Å². The van der Waals surface area contributed by atoms with Crippen LogP contribution in [0.3, 0.4) is 0 Å². The predicted molar refractivity (Wildman–Crippen MR) is 64.7 cm³/mol. The van der Waals surface area contributed by atoms with Crippen LogP contribution in [-0.2, 0) is 4.79 Å². The maximum Gasteiger partial charge on any atom is 0.261 e. The summed E-state index contributed by atoms with van der Waals surface area (Å²) >= 11 is 1.44. The van der Waals surface area contributed by atoms with Gasteiger partial charge in [-0.15, -0.1) is 11.3 Å². The minimum Gasteiger partial charge on any atom is -0.356 e. The van der Waals surface area contributed by atoms with Gasteiger partial charge in [-0.2, -0.15) is 0 Å². The van der Waals surface area contributed by atoms with Crippen molar-refractivity contribution in [1.29, 1.82) is 0 Å². The van der Waals surface area contributed by atoms with Crippen LogP contribution in [0, 0.1) is 6.92 Å². The van der Waals surface area contributed by atoms with Crippen LogP contribution in [0.25, 0.3) is 0 Å². The smallest absolute Gasteiger partial charge is 0.261 e. The average molecular weight is 240 g/mol. The minimum absolute atomic E-state index is 0.0321. The Hall–Kier alpha value is -1.36. The second kappa shape index (κ2) is 6.27. The first-order valence-corrected chi connectivity index (χ1v) is 6.06. The molecule has 1 aromatic rings. The second-order valence-electron chi connectivity index (χ2n) is 3.53. The first-order chi connectivity index (χ1) is 7.61. The Morgan fingerprint density at radius 1 is 1.31 bits per heavy atom. The number of rotatable bonds is 5. The Labute approximate surface area is 99.0 Å². The maximum atomic E-state index is 11.6. The number of aryl methyl sites for hydroxylation is 1. The van der Waals surface area contributed by atoms with Crippen molar-refractivity contribution in [2.24, 2.45) is 0 Å². The van der Waals surface area contributed by atoms with Gasteiger partial charge >= 0.3 is 0 Å². The molecular weight excluding hydrogens is 224 g/mol. The highest BCUT2D eigenvalue weighted by molar-refractivity contribution is 7.12. The Morgan fingerprint density at radius 3 is 2.56 bits per heavy atom. The molecule has 1 heterocycles. The Kier molecular flexibility index (Phi) is 4.98. The zero-order chi connectivity index (χ0) is 12.0. The number of hydrogen-bond acceptors (Lipinski definition) is 3. The van der Waals surface area contributed by atoms with E-state index >= 15 is 0 Å². The standard InChI is InChI=1S/C11H16N2O2S/c1-8-4-7-16-10(8)11(15)13-6-3-5-12-9(2)14/h4,7H,3,5-6H2,1-2H3,(H,12,14)(H,13,15). The highest BCUT2D eigenvalue weighted by Crippen LogP contribution is 2.14. The molecule has 0 radical (unpaired) electrons. The summed E-state index contributed by atoms with van der Waals surface area (Å²) in [5.41, 5.74) is 1.00. The van der Waals surface area contributed by atoms with E-state index in [0.29, 0.717) is 13.1 Å². The lowest BCUT2D eigenvalue weighted by molar-refractivity contribution is -0.118. The fourth-order valence-corrected chi connectivity index (χ4v) is 2.08. The van der Waals surface area contributed by atoms with Crippen molar-refractivity contribution >= 4 is 23.2 Å². The third-order valence-electron chi connectivity index (χ3n) is 2.08. The molecule has 0 saturated carbocycles. The van der Waals surface area contributed by atoms with E-state index in [1.807, 2.05) is 18.4 Å². The first-order valence-electron chi connectivity index (χ1n) is 5.18. The lowest BCUT2D eigenvalue weighted by Crippen LogP contribution is -2.28. The molecule has 0 aromatic carbocycles. The Balaban J connectivity index is 2.21. The van der Waals surface area contributed by atoms with Crippen molar-refractivity contribution in [1.82, 2.24) is 10.6 Å². The maximum absolute atomic E-state index is 11.6.